The first kappa shape index (κ1) is 30.4. The summed E-state index contributed by atoms with van der Waals surface area (Å²) >= 11 is 1.86. The lowest BCUT2D eigenvalue weighted by Gasteiger charge is -2.28. The topological polar surface area (TPSA) is 3.24 Å². The fourth-order valence-corrected chi connectivity index (χ4v) is 8.74. The molecule has 0 amide bonds. The smallest absolute Gasteiger partial charge is 0.0546 e. The molecule has 10 aromatic rings. The fourth-order valence-electron chi connectivity index (χ4n) is 7.65. The zero-order valence-corrected chi connectivity index (χ0v) is 29.2. The highest BCUT2D eigenvalue weighted by molar-refractivity contribution is 7.25. The van der Waals surface area contributed by atoms with Crippen molar-refractivity contribution in [3.05, 3.63) is 200 Å². The molecule has 0 aliphatic carbocycles. The molecule has 1 heterocycles. The van der Waals surface area contributed by atoms with Crippen LogP contribution in [0.3, 0.4) is 0 Å². The number of rotatable bonds is 6. The lowest BCUT2D eigenvalue weighted by Crippen LogP contribution is -2.10. The van der Waals surface area contributed by atoms with E-state index >= 15 is 0 Å². The van der Waals surface area contributed by atoms with Crippen LogP contribution in [0.15, 0.2) is 200 Å². The second-order valence-electron chi connectivity index (χ2n) is 13.3. The van der Waals surface area contributed by atoms with Crippen LogP contribution in [0.2, 0.25) is 0 Å². The van der Waals surface area contributed by atoms with Crippen LogP contribution in [0, 0.1) is 0 Å². The van der Waals surface area contributed by atoms with E-state index in [1.54, 1.807) is 0 Å². The zero-order valence-electron chi connectivity index (χ0n) is 28.4. The Morgan fingerprint density at radius 3 is 1.52 bits per heavy atom. The van der Waals surface area contributed by atoms with Crippen molar-refractivity contribution in [2.24, 2.45) is 0 Å². The van der Waals surface area contributed by atoms with E-state index in [0.717, 1.165) is 17.1 Å². The quantitative estimate of drug-likeness (QED) is 0.158. The molecule has 1 aromatic heterocycles. The lowest BCUT2D eigenvalue weighted by molar-refractivity contribution is 1.30. The van der Waals surface area contributed by atoms with E-state index < -0.39 is 0 Å². The van der Waals surface area contributed by atoms with Crippen LogP contribution < -0.4 is 4.90 Å². The number of hydrogen-bond acceptors (Lipinski definition) is 2. The molecule has 0 fully saturated rings. The van der Waals surface area contributed by atoms with Crippen LogP contribution in [-0.2, 0) is 0 Å². The van der Waals surface area contributed by atoms with Gasteiger partial charge in [0.05, 0.1) is 5.69 Å². The van der Waals surface area contributed by atoms with Crippen LogP contribution >= 0.6 is 11.3 Å². The Hall–Kier alpha value is -6.48. The number of nitrogens with zero attached hydrogens (tertiary/aromatic N) is 1. The van der Waals surface area contributed by atoms with Crippen LogP contribution in [0.4, 0.5) is 17.1 Å². The van der Waals surface area contributed by atoms with Gasteiger partial charge in [-0.25, -0.2) is 0 Å². The van der Waals surface area contributed by atoms with Gasteiger partial charge in [-0.1, -0.05) is 152 Å². The third-order valence-corrected chi connectivity index (χ3v) is 11.4. The van der Waals surface area contributed by atoms with Crippen LogP contribution in [0.5, 0.6) is 0 Å². The maximum absolute atomic E-state index is 2.41. The third kappa shape index (κ3) is 5.33. The monoisotopic (exact) mass is 679 g/mol. The molecule has 52 heavy (non-hydrogen) atoms. The zero-order chi connectivity index (χ0) is 34.4. The summed E-state index contributed by atoms with van der Waals surface area (Å²) in [7, 11) is 0. The minimum Gasteiger partial charge on any atom is -0.310 e. The first-order valence-corrected chi connectivity index (χ1v) is 18.6. The minimum atomic E-state index is 1.11. The van der Waals surface area contributed by atoms with Crippen molar-refractivity contribution in [2.75, 3.05) is 4.90 Å². The Kier molecular flexibility index (Phi) is 7.41. The van der Waals surface area contributed by atoms with Gasteiger partial charge in [-0.15, -0.1) is 11.3 Å². The van der Waals surface area contributed by atoms with E-state index in [0.29, 0.717) is 0 Å². The van der Waals surface area contributed by atoms with E-state index in [-0.39, 0.29) is 0 Å². The molecule has 0 bridgehead atoms. The summed E-state index contributed by atoms with van der Waals surface area (Å²) in [5, 5.41) is 7.61. The van der Waals surface area contributed by atoms with Gasteiger partial charge in [0.2, 0.25) is 0 Å². The van der Waals surface area contributed by atoms with E-state index in [2.05, 4.69) is 205 Å². The van der Waals surface area contributed by atoms with Crippen molar-refractivity contribution in [1.29, 1.82) is 0 Å². The van der Waals surface area contributed by atoms with Gasteiger partial charge in [0.1, 0.15) is 0 Å². The largest absolute Gasteiger partial charge is 0.310 e. The highest BCUT2D eigenvalue weighted by atomic mass is 32.1. The normalized spacial score (nSPS) is 11.5. The summed E-state index contributed by atoms with van der Waals surface area (Å²) in [5.41, 5.74) is 10.7. The van der Waals surface area contributed by atoms with E-state index in [9.17, 15) is 0 Å². The molecule has 2 heteroatoms. The molecule has 0 saturated carbocycles. The summed E-state index contributed by atoms with van der Waals surface area (Å²) in [6, 6.07) is 72.9. The lowest BCUT2D eigenvalue weighted by atomic mass is 9.98. The van der Waals surface area contributed by atoms with Gasteiger partial charge in [0.15, 0.2) is 0 Å². The van der Waals surface area contributed by atoms with Crippen LogP contribution in [0.1, 0.15) is 0 Å². The summed E-state index contributed by atoms with van der Waals surface area (Å²) in [6.45, 7) is 0. The first-order chi connectivity index (χ1) is 25.8. The molecule has 1 nitrogen and oxygen atoms in total. The molecule has 0 saturated heterocycles. The maximum atomic E-state index is 2.41. The Labute approximate surface area is 307 Å². The van der Waals surface area contributed by atoms with Crippen molar-refractivity contribution >= 4 is 70.1 Å². The standard InChI is InChI=1S/C50H33NS/c1-2-9-34(10-3-1)35-17-19-36(20-18-35)37-23-28-42(29-24-37)51(47-15-8-12-40-22-21-39-11-4-5-13-44(39)50(40)47)43-30-25-38(26-31-43)41-27-32-49-46(33-41)45-14-6-7-16-48(45)52-49/h1-33H. The van der Waals surface area contributed by atoms with Gasteiger partial charge in [0, 0.05) is 36.9 Å². The average Bonchev–Trinajstić information content (AvgIpc) is 3.60. The molecule has 9 aromatic carbocycles. The molecule has 0 atom stereocenters. The number of anilines is 3. The van der Waals surface area contributed by atoms with Crippen LogP contribution in [0.25, 0.3) is 75.1 Å². The second kappa shape index (κ2) is 12.7. The molecule has 10 rings (SSSR count). The number of fused-ring (bicyclic) bond motifs is 6. The Morgan fingerprint density at radius 1 is 0.308 bits per heavy atom. The third-order valence-electron chi connectivity index (χ3n) is 10.3. The molecule has 0 unspecified atom stereocenters. The van der Waals surface area contributed by atoms with Gasteiger partial charge in [-0.3, -0.25) is 0 Å². The predicted molar refractivity (Wildman–Crippen MR) is 225 cm³/mol. The van der Waals surface area contributed by atoms with E-state index in [4.69, 9.17) is 0 Å². The van der Waals surface area contributed by atoms with Crippen molar-refractivity contribution in [3.8, 4) is 33.4 Å². The SMILES string of the molecule is c1ccc(-c2ccc(-c3ccc(N(c4ccc(-c5ccc6sc7ccccc7c6c5)cc4)c4cccc5ccc6ccccc6c45)cc3)cc2)cc1. The second-order valence-corrected chi connectivity index (χ2v) is 14.4. The summed E-state index contributed by atoms with van der Waals surface area (Å²) in [5.74, 6) is 0. The number of thiophene rings is 1. The highest BCUT2D eigenvalue weighted by Crippen LogP contribution is 2.43. The first-order valence-electron chi connectivity index (χ1n) is 17.8. The average molecular weight is 680 g/mol. The van der Waals surface area contributed by atoms with E-state index in [1.165, 1.54) is 75.1 Å². The Bertz CT molecular complexity index is 2870. The number of benzene rings is 9. The molecule has 244 valence electrons. The minimum absolute atomic E-state index is 1.11. The van der Waals surface area contributed by atoms with Crippen molar-refractivity contribution in [3.63, 3.8) is 0 Å². The predicted octanol–water partition coefficient (Wildman–Crippen LogP) is 14.8. The van der Waals surface area contributed by atoms with Crippen molar-refractivity contribution in [1.82, 2.24) is 0 Å². The van der Waals surface area contributed by atoms with Crippen molar-refractivity contribution in [2.45, 2.75) is 0 Å². The van der Waals surface area contributed by atoms with E-state index in [1.807, 2.05) is 11.3 Å². The van der Waals surface area contributed by atoms with Crippen LogP contribution in [-0.4, -0.2) is 0 Å². The van der Waals surface area contributed by atoms with Gasteiger partial charge in [0.25, 0.3) is 0 Å². The molecule has 0 aliphatic rings. The Morgan fingerprint density at radius 2 is 0.808 bits per heavy atom. The Balaban J connectivity index is 1.07. The molecule has 0 N–H and O–H groups in total. The van der Waals surface area contributed by atoms with Gasteiger partial charge >= 0.3 is 0 Å². The van der Waals surface area contributed by atoms with Gasteiger partial charge in [-0.05, 0) is 98.1 Å². The summed E-state index contributed by atoms with van der Waals surface area (Å²) < 4.78 is 2.66. The maximum Gasteiger partial charge on any atom is 0.0546 e. The number of hydrogen-bond donors (Lipinski definition) is 0. The molecule has 0 radical (unpaired) electrons. The fraction of sp³-hybridized carbons (Fsp3) is 0. The molecule has 0 aliphatic heterocycles. The van der Waals surface area contributed by atoms with Gasteiger partial charge in [-0.2, -0.15) is 0 Å². The molecular formula is C50H33NS. The molecule has 0 spiro atoms. The molecular weight excluding hydrogens is 647 g/mol. The summed E-state index contributed by atoms with van der Waals surface area (Å²) in [4.78, 5) is 2.41. The van der Waals surface area contributed by atoms with Crippen molar-refractivity contribution < 1.29 is 0 Å². The van der Waals surface area contributed by atoms with Gasteiger partial charge < -0.3 is 4.90 Å². The summed E-state index contributed by atoms with van der Waals surface area (Å²) in [6.07, 6.45) is 0. The highest BCUT2D eigenvalue weighted by Gasteiger charge is 2.18.